The summed E-state index contributed by atoms with van der Waals surface area (Å²) in [4.78, 5) is 9.08. The number of anilines is 1. The highest BCUT2D eigenvalue weighted by Crippen LogP contribution is 2.32. The van der Waals surface area contributed by atoms with Crippen LogP contribution >= 0.6 is 0 Å². The first-order valence-corrected chi connectivity index (χ1v) is 9.23. The summed E-state index contributed by atoms with van der Waals surface area (Å²) in [7, 11) is 1.57. The second kappa shape index (κ2) is 7.03. The van der Waals surface area contributed by atoms with Crippen LogP contribution in [0.5, 0.6) is 5.75 Å². The lowest BCUT2D eigenvalue weighted by molar-refractivity contribution is 0.0752. The van der Waals surface area contributed by atoms with Crippen LogP contribution in [0.4, 0.5) is 10.2 Å². The first-order chi connectivity index (χ1) is 13.4. The minimum Gasteiger partial charge on any atom is -0.496 e. The average molecular weight is 385 g/mol. The Kier molecular flexibility index (Phi) is 4.68. The summed E-state index contributed by atoms with van der Waals surface area (Å²) < 4.78 is 21.2. The fourth-order valence-corrected chi connectivity index (χ4v) is 3.46. The van der Waals surface area contributed by atoms with Crippen LogP contribution < -0.4 is 15.4 Å². The molecule has 0 bridgehead atoms. The molecule has 4 heterocycles. The lowest BCUT2D eigenvalue weighted by Gasteiger charge is -2.21. The molecule has 1 saturated heterocycles. The zero-order chi connectivity index (χ0) is 19.9. The monoisotopic (exact) mass is 385 g/mol. The highest BCUT2D eigenvalue weighted by Gasteiger charge is 2.27. The SMILES string of the molecule is COc1cc2ncc(-c3cccc(N[C@H]4CNC[C@@H]4F)n3)n2cc1C(C)(C)O. The molecule has 3 aromatic rings. The van der Waals surface area contributed by atoms with E-state index in [0.29, 0.717) is 41.6 Å². The second-order valence-corrected chi connectivity index (χ2v) is 7.52. The predicted octanol–water partition coefficient (Wildman–Crippen LogP) is 2.35. The molecule has 2 atom stereocenters. The number of aliphatic hydroxyl groups is 1. The number of rotatable bonds is 5. The maximum absolute atomic E-state index is 13.9. The number of hydrogen-bond donors (Lipinski definition) is 3. The molecule has 0 saturated carbocycles. The summed E-state index contributed by atoms with van der Waals surface area (Å²) in [5, 5.41) is 16.7. The van der Waals surface area contributed by atoms with Crippen molar-refractivity contribution >= 4 is 11.5 Å². The Morgan fingerprint density at radius 3 is 2.86 bits per heavy atom. The number of hydrogen-bond acceptors (Lipinski definition) is 6. The van der Waals surface area contributed by atoms with Crippen molar-refractivity contribution in [3.05, 3.63) is 42.2 Å². The van der Waals surface area contributed by atoms with Gasteiger partial charge in [0.2, 0.25) is 0 Å². The van der Waals surface area contributed by atoms with Crippen LogP contribution in [0, 0.1) is 0 Å². The standard InChI is InChI=1S/C20H24FN5O2/c1-20(2,27)12-11-26-16(10-23-19(26)7-17(12)28-3)14-5-4-6-18(24-14)25-15-9-22-8-13(15)21/h4-7,10-11,13,15,22,27H,8-9H2,1-3H3,(H,24,25)/t13-,15-/m0/s1. The lowest BCUT2D eigenvalue weighted by atomic mass is 9.99. The summed E-state index contributed by atoms with van der Waals surface area (Å²) in [5.41, 5.74) is 1.72. The van der Waals surface area contributed by atoms with Gasteiger partial charge in [0.05, 0.1) is 36.3 Å². The maximum Gasteiger partial charge on any atom is 0.140 e. The first-order valence-electron chi connectivity index (χ1n) is 9.23. The van der Waals surface area contributed by atoms with Crippen LogP contribution in [0.25, 0.3) is 17.0 Å². The Balaban J connectivity index is 1.74. The Bertz CT molecular complexity index is 998. The third kappa shape index (κ3) is 3.41. The molecular weight excluding hydrogens is 361 g/mol. The summed E-state index contributed by atoms with van der Waals surface area (Å²) in [6.45, 7) is 4.34. The number of aromatic nitrogens is 3. The molecule has 3 N–H and O–H groups in total. The highest BCUT2D eigenvalue weighted by atomic mass is 19.1. The van der Waals surface area contributed by atoms with Gasteiger partial charge in [0.1, 0.15) is 23.4 Å². The highest BCUT2D eigenvalue weighted by molar-refractivity contribution is 5.64. The van der Waals surface area contributed by atoms with Crippen molar-refractivity contribution < 1.29 is 14.2 Å². The van der Waals surface area contributed by atoms with Crippen molar-refractivity contribution in [2.75, 3.05) is 25.5 Å². The van der Waals surface area contributed by atoms with Crippen molar-refractivity contribution in [1.82, 2.24) is 19.7 Å². The van der Waals surface area contributed by atoms with Gasteiger partial charge >= 0.3 is 0 Å². The van der Waals surface area contributed by atoms with Gasteiger partial charge in [-0.05, 0) is 26.0 Å². The van der Waals surface area contributed by atoms with Crippen LogP contribution in [0.15, 0.2) is 36.7 Å². The number of nitrogens with zero attached hydrogens (tertiary/aromatic N) is 3. The predicted molar refractivity (Wildman–Crippen MR) is 105 cm³/mol. The third-order valence-corrected chi connectivity index (χ3v) is 4.97. The Labute approximate surface area is 162 Å². The average Bonchev–Trinajstić information content (AvgIpc) is 3.26. The molecule has 8 heteroatoms. The molecule has 0 radical (unpaired) electrons. The zero-order valence-electron chi connectivity index (χ0n) is 16.1. The van der Waals surface area contributed by atoms with E-state index in [9.17, 15) is 9.50 Å². The normalized spacial score (nSPS) is 19.9. The van der Waals surface area contributed by atoms with Gasteiger partial charge in [0, 0.05) is 30.9 Å². The van der Waals surface area contributed by atoms with Gasteiger partial charge in [-0.2, -0.15) is 0 Å². The molecular formula is C20H24FN5O2. The van der Waals surface area contributed by atoms with Crippen molar-refractivity contribution in [1.29, 1.82) is 0 Å². The van der Waals surface area contributed by atoms with E-state index in [0.717, 1.165) is 5.69 Å². The van der Waals surface area contributed by atoms with Crippen molar-refractivity contribution in [2.45, 2.75) is 31.7 Å². The Morgan fingerprint density at radius 2 is 2.18 bits per heavy atom. The summed E-state index contributed by atoms with van der Waals surface area (Å²) in [6.07, 6.45) is 2.60. The summed E-state index contributed by atoms with van der Waals surface area (Å²) >= 11 is 0. The Morgan fingerprint density at radius 1 is 1.36 bits per heavy atom. The number of ether oxygens (including phenoxy) is 1. The van der Waals surface area contributed by atoms with Gasteiger partial charge < -0.3 is 20.5 Å². The van der Waals surface area contributed by atoms with E-state index in [-0.39, 0.29) is 6.04 Å². The quantitative estimate of drug-likeness (QED) is 0.625. The first kappa shape index (κ1) is 18.6. The zero-order valence-corrected chi connectivity index (χ0v) is 16.1. The van der Waals surface area contributed by atoms with Gasteiger partial charge in [-0.25, -0.2) is 14.4 Å². The number of nitrogens with one attached hydrogen (secondary N) is 2. The van der Waals surface area contributed by atoms with E-state index in [1.165, 1.54) is 0 Å². The fraction of sp³-hybridized carbons (Fsp3) is 0.400. The van der Waals surface area contributed by atoms with Crippen LogP contribution in [-0.4, -0.2) is 51.9 Å². The number of imidazole rings is 1. The largest absolute Gasteiger partial charge is 0.496 e. The van der Waals surface area contributed by atoms with E-state index in [2.05, 4.69) is 20.6 Å². The van der Waals surface area contributed by atoms with Crippen LogP contribution in [-0.2, 0) is 5.60 Å². The summed E-state index contributed by atoms with van der Waals surface area (Å²) in [6, 6.07) is 7.07. The maximum atomic E-state index is 13.9. The molecule has 0 unspecified atom stereocenters. The van der Waals surface area contributed by atoms with Crippen molar-refractivity contribution in [3.8, 4) is 17.1 Å². The molecule has 4 rings (SSSR count). The van der Waals surface area contributed by atoms with Crippen LogP contribution in [0.3, 0.4) is 0 Å². The molecule has 0 aliphatic carbocycles. The number of fused-ring (bicyclic) bond motifs is 1. The van der Waals surface area contributed by atoms with Crippen molar-refractivity contribution in [2.24, 2.45) is 0 Å². The second-order valence-electron chi connectivity index (χ2n) is 7.52. The third-order valence-electron chi connectivity index (χ3n) is 4.97. The Hall–Kier alpha value is -2.71. The molecule has 1 aliphatic rings. The van der Waals surface area contributed by atoms with Crippen LogP contribution in [0.2, 0.25) is 0 Å². The van der Waals surface area contributed by atoms with Gasteiger partial charge in [-0.15, -0.1) is 0 Å². The minimum absolute atomic E-state index is 0.295. The smallest absolute Gasteiger partial charge is 0.140 e. The minimum atomic E-state index is -1.08. The molecule has 0 spiro atoms. The van der Waals surface area contributed by atoms with Gasteiger partial charge in [0.15, 0.2) is 0 Å². The van der Waals surface area contributed by atoms with Crippen LogP contribution in [0.1, 0.15) is 19.4 Å². The molecule has 148 valence electrons. The molecule has 0 aromatic carbocycles. The lowest BCUT2D eigenvalue weighted by Crippen LogP contribution is -2.29. The van der Waals surface area contributed by atoms with E-state index in [1.54, 1.807) is 33.2 Å². The number of alkyl halides is 1. The van der Waals surface area contributed by atoms with E-state index < -0.39 is 11.8 Å². The molecule has 0 amide bonds. The molecule has 28 heavy (non-hydrogen) atoms. The molecule has 7 nitrogen and oxygen atoms in total. The molecule has 1 fully saturated rings. The van der Waals surface area contributed by atoms with Gasteiger partial charge in [0.25, 0.3) is 0 Å². The topological polar surface area (TPSA) is 83.7 Å². The number of methoxy groups -OCH3 is 1. The molecule has 3 aromatic heterocycles. The number of pyridine rings is 2. The van der Waals surface area contributed by atoms with Crippen molar-refractivity contribution in [3.63, 3.8) is 0 Å². The van der Waals surface area contributed by atoms with Gasteiger partial charge in [-0.1, -0.05) is 6.07 Å². The van der Waals surface area contributed by atoms with E-state index >= 15 is 0 Å². The van der Waals surface area contributed by atoms with E-state index in [4.69, 9.17) is 4.74 Å². The number of halogens is 1. The fourth-order valence-electron chi connectivity index (χ4n) is 3.46. The van der Waals surface area contributed by atoms with E-state index in [1.807, 2.05) is 28.8 Å². The summed E-state index contributed by atoms with van der Waals surface area (Å²) in [5.74, 6) is 1.18. The van der Waals surface area contributed by atoms with Gasteiger partial charge in [-0.3, -0.25) is 4.40 Å². The molecule has 1 aliphatic heterocycles.